The predicted octanol–water partition coefficient (Wildman–Crippen LogP) is 4.00. The Balaban J connectivity index is 1.51. The maximum Gasteiger partial charge on any atom is 0.237 e. The van der Waals surface area contributed by atoms with Gasteiger partial charge >= 0.3 is 0 Å². The molecule has 3 aromatic rings. The maximum absolute atomic E-state index is 12.9. The normalized spacial score (nSPS) is 14.8. The number of aromatic nitrogens is 3. The van der Waals surface area contributed by atoms with Crippen LogP contribution in [-0.2, 0) is 11.3 Å². The van der Waals surface area contributed by atoms with Crippen LogP contribution in [0.1, 0.15) is 25.6 Å². The zero-order valence-electron chi connectivity index (χ0n) is 19.2. The lowest BCUT2D eigenvalue weighted by atomic mass is 10.2. The van der Waals surface area contributed by atoms with Crippen LogP contribution in [0.15, 0.2) is 53.7 Å². The molecule has 1 aromatic heterocycles. The fraction of sp³-hybridized carbons (Fsp3) is 0.375. The molecular formula is C24H29N5O3S. The van der Waals surface area contributed by atoms with Crippen molar-refractivity contribution >= 4 is 23.4 Å². The number of hydrogen-bond donors (Lipinski definition) is 1. The van der Waals surface area contributed by atoms with E-state index in [9.17, 15) is 4.79 Å². The second-order valence-corrected chi connectivity index (χ2v) is 9.18. The highest BCUT2D eigenvalue weighted by molar-refractivity contribution is 8.00. The van der Waals surface area contributed by atoms with E-state index in [4.69, 9.17) is 9.47 Å². The van der Waals surface area contributed by atoms with Gasteiger partial charge in [-0.1, -0.05) is 30.0 Å². The Kier molecular flexibility index (Phi) is 7.51. The zero-order valence-corrected chi connectivity index (χ0v) is 20.0. The lowest BCUT2D eigenvalue weighted by Gasteiger charge is -2.17. The average Bonchev–Trinajstić information content (AvgIpc) is 3.49. The van der Waals surface area contributed by atoms with Crippen LogP contribution in [0.4, 0.5) is 5.69 Å². The van der Waals surface area contributed by atoms with Crippen molar-refractivity contribution in [1.82, 2.24) is 19.7 Å². The van der Waals surface area contributed by atoms with Gasteiger partial charge in [-0.3, -0.25) is 14.3 Å². The van der Waals surface area contributed by atoms with E-state index >= 15 is 0 Å². The highest BCUT2D eigenvalue weighted by atomic mass is 32.2. The summed E-state index contributed by atoms with van der Waals surface area (Å²) in [6.45, 7) is 4.77. The molecule has 1 N–H and O–H groups in total. The molecule has 8 nitrogen and oxygen atoms in total. The molecule has 1 amide bonds. The summed E-state index contributed by atoms with van der Waals surface area (Å²) in [6, 6.07) is 15.4. The topological polar surface area (TPSA) is 81.5 Å². The molecule has 0 bridgehead atoms. The Bertz CT molecular complexity index is 1080. The summed E-state index contributed by atoms with van der Waals surface area (Å²) in [7, 11) is 3.15. The van der Waals surface area contributed by atoms with E-state index in [2.05, 4.69) is 25.0 Å². The maximum atomic E-state index is 12.9. The molecule has 0 spiro atoms. The van der Waals surface area contributed by atoms with Crippen LogP contribution in [0.2, 0.25) is 0 Å². The summed E-state index contributed by atoms with van der Waals surface area (Å²) >= 11 is 1.39. The number of nitrogens with zero attached hydrogens (tertiary/aromatic N) is 4. The van der Waals surface area contributed by atoms with Gasteiger partial charge in [0.05, 0.1) is 26.0 Å². The van der Waals surface area contributed by atoms with Crippen LogP contribution < -0.4 is 14.8 Å². The van der Waals surface area contributed by atoms with Crippen molar-refractivity contribution in [3.8, 4) is 17.2 Å². The number of nitrogens with one attached hydrogen (secondary N) is 1. The molecule has 0 saturated carbocycles. The molecule has 33 heavy (non-hydrogen) atoms. The van der Waals surface area contributed by atoms with Crippen LogP contribution in [0, 0.1) is 0 Å². The van der Waals surface area contributed by atoms with Gasteiger partial charge in [0.2, 0.25) is 5.91 Å². The van der Waals surface area contributed by atoms with Crippen molar-refractivity contribution in [2.75, 3.05) is 32.6 Å². The molecule has 0 aliphatic carbocycles. The Morgan fingerprint density at radius 1 is 1.06 bits per heavy atom. The van der Waals surface area contributed by atoms with E-state index in [1.807, 2.05) is 37.3 Å². The number of carbonyl (C=O) groups is 1. The molecule has 1 atom stereocenters. The smallest absolute Gasteiger partial charge is 0.237 e. The molecule has 174 valence electrons. The first-order chi connectivity index (χ1) is 16.1. The summed E-state index contributed by atoms with van der Waals surface area (Å²) in [4.78, 5) is 15.3. The number of para-hydroxylation sites is 1. The minimum absolute atomic E-state index is 0.129. The fourth-order valence-corrected chi connectivity index (χ4v) is 4.71. The molecule has 1 fully saturated rings. The number of ether oxygens (including phenoxy) is 2. The van der Waals surface area contributed by atoms with Crippen LogP contribution in [0.5, 0.6) is 11.5 Å². The van der Waals surface area contributed by atoms with Crippen molar-refractivity contribution in [2.24, 2.45) is 0 Å². The zero-order chi connectivity index (χ0) is 23.2. The van der Waals surface area contributed by atoms with Crippen LogP contribution in [0.3, 0.4) is 0 Å². The molecule has 2 aromatic carbocycles. The summed E-state index contributed by atoms with van der Waals surface area (Å²) in [5.74, 6) is 1.93. The highest BCUT2D eigenvalue weighted by Gasteiger charge is 2.23. The van der Waals surface area contributed by atoms with E-state index in [-0.39, 0.29) is 11.2 Å². The lowest BCUT2D eigenvalue weighted by molar-refractivity contribution is -0.115. The van der Waals surface area contributed by atoms with Crippen LogP contribution >= 0.6 is 11.8 Å². The summed E-state index contributed by atoms with van der Waals surface area (Å²) in [5.41, 5.74) is 1.64. The fourth-order valence-electron chi connectivity index (χ4n) is 3.83. The standard InChI is InChI=1S/C24H29N5O3S/c1-17(23(30)25-18-11-12-20(31-2)21(15-18)32-3)33-24-27-26-22(16-28-13-7-8-14-28)29(24)19-9-5-4-6-10-19/h4-6,9-12,15,17H,7-8,13-14,16H2,1-3H3,(H,25,30). The first kappa shape index (κ1) is 23.1. The molecule has 1 unspecified atom stereocenters. The molecule has 9 heteroatoms. The Hall–Kier alpha value is -3.04. The van der Waals surface area contributed by atoms with Crippen molar-refractivity contribution in [1.29, 1.82) is 0 Å². The molecule has 1 aliphatic heterocycles. The lowest BCUT2D eigenvalue weighted by Crippen LogP contribution is -2.23. The number of carbonyl (C=O) groups excluding carboxylic acids is 1. The van der Waals surface area contributed by atoms with E-state index in [1.165, 1.54) is 24.6 Å². The Morgan fingerprint density at radius 3 is 2.48 bits per heavy atom. The number of thioether (sulfide) groups is 1. The minimum Gasteiger partial charge on any atom is -0.493 e. The molecule has 2 heterocycles. The van der Waals surface area contributed by atoms with Gasteiger partial charge in [-0.15, -0.1) is 10.2 Å². The molecule has 0 radical (unpaired) electrons. The van der Waals surface area contributed by atoms with Gasteiger partial charge in [0.25, 0.3) is 0 Å². The second kappa shape index (κ2) is 10.7. The van der Waals surface area contributed by atoms with Crippen molar-refractivity contribution in [3.63, 3.8) is 0 Å². The van der Waals surface area contributed by atoms with Gasteiger partial charge in [-0.2, -0.15) is 0 Å². The number of amides is 1. The first-order valence-electron chi connectivity index (χ1n) is 11.0. The summed E-state index contributed by atoms with van der Waals surface area (Å²) < 4.78 is 12.7. The second-order valence-electron chi connectivity index (χ2n) is 7.87. The number of hydrogen-bond acceptors (Lipinski definition) is 7. The predicted molar refractivity (Wildman–Crippen MR) is 129 cm³/mol. The third-order valence-corrected chi connectivity index (χ3v) is 6.62. The number of benzene rings is 2. The van der Waals surface area contributed by atoms with Crippen LogP contribution in [-0.4, -0.2) is 58.1 Å². The molecule has 1 aliphatic rings. The largest absolute Gasteiger partial charge is 0.493 e. The van der Waals surface area contributed by atoms with Gasteiger partial charge in [0.1, 0.15) is 0 Å². The molecule has 4 rings (SSSR count). The first-order valence-corrected chi connectivity index (χ1v) is 11.9. The van der Waals surface area contributed by atoms with Gasteiger partial charge in [0.15, 0.2) is 22.5 Å². The van der Waals surface area contributed by atoms with Gasteiger partial charge < -0.3 is 14.8 Å². The average molecular weight is 468 g/mol. The Morgan fingerprint density at radius 2 is 1.79 bits per heavy atom. The van der Waals surface area contributed by atoms with E-state index in [0.29, 0.717) is 22.3 Å². The number of methoxy groups -OCH3 is 2. The van der Waals surface area contributed by atoms with Crippen molar-refractivity contribution in [2.45, 2.75) is 36.7 Å². The third kappa shape index (κ3) is 5.48. The van der Waals surface area contributed by atoms with Crippen LogP contribution in [0.25, 0.3) is 5.69 Å². The van der Waals surface area contributed by atoms with E-state index in [1.54, 1.807) is 32.4 Å². The highest BCUT2D eigenvalue weighted by Crippen LogP contribution is 2.31. The monoisotopic (exact) mass is 467 g/mol. The molecular weight excluding hydrogens is 438 g/mol. The SMILES string of the molecule is COc1ccc(NC(=O)C(C)Sc2nnc(CN3CCCC3)n2-c2ccccc2)cc1OC. The van der Waals surface area contributed by atoms with E-state index < -0.39 is 0 Å². The third-order valence-electron chi connectivity index (χ3n) is 5.58. The van der Waals surface area contributed by atoms with Crippen molar-refractivity contribution in [3.05, 3.63) is 54.4 Å². The Labute approximate surface area is 198 Å². The van der Waals surface area contributed by atoms with Gasteiger partial charge in [-0.25, -0.2) is 0 Å². The quantitative estimate of drug-likeness (QED) is 0.476. The van der Waals surface area contributed by atoms with E-state index in [0.717, 1.165) is 31.1 Å². The van der Waals surface area contributed by atoms with Crippen molar-refractivity contribution < 1.29 is 14.3 Å². The van der Waals surface area contributed by atoms with Gasteiger partial charge in [-0.05, 0) is 57.1 Å². The summed E-state index contributed by atoms with van der Waals surface area (Å²) in [5, 5.41) is 12.2. The number of anilines is 1. The summed E-state index contributed by atoms with van der Waals surface area (Å²) in [6.07, 6.45) is 2.43. The number of likely N-dealkylation sites (tertiary alicyclic amines) is 1. The minimum atomic E-state index is -0.385. The molecule has 1 saturated heterocycles. The van der Waals surface area contributed by atoms with Gasteiger partial charge in [0, 0.05) is 17.4 Å². The number of rotatable bonds is 9.